The fourth-order valence-electron chi connectivity index (χ4n) is 2.51. The predicted molar refractivity (Wildman–Crippen MR) is 82.4 cm³/mol. The van der Waals surface area contributed by atoms with Gasteiger partial charge in [0.05, 0.1) is 0 Å². The average Bonchev–Trinajstić information content (AvgIpc) is 2.42. The van der Waals surface area contributed by atoms with Crippen LogP contribution in [0.4, 0.5) is 0 Å². The first-order valence-electron chi connectivity index (χ1n) is 7.36. The minimum atomic E-state index is 0.104. The maximum absolute atomic E-state index is 12.5. The van der Waals surface area contributed by atoms with Crippen molar-refractivity contribution in [1.82, 2.24) is 10.2 Å². The molecule has 1 aliphatic heterocycles. The fraction of sp³-hybridized carbons (Fsp3) is 0.471. The van der Waals surface area contributed by atoms with Crippen molar-refractivity contribution in [2.24, 2.45) is 11.8 Å². The second kappa shape index (κ2) is 7.25. The second-order valence-electron chi connectivity index (χ2n) is 5.52. The summed E-state index contributed by atoms with van der Waals surface area (Å²) in [5.41, 5.74) is 1.27. The van der Waals surface area contributed by atoms with Crippen molar-refractivity contribution in [2.45, 2.75) is 13.3 Å². The number of carbonyl (C=O) groups excluding carboxylic acids is 1. The molecule has 1 N–H and O–H groups in total. The van der Waals surface area contributed by atoms with Gasteiger partial charge in [0.2, 0.25) is 5.91 Å². The number of nitrogens with zero attached hydrogens (tertiary/aromatic N) is 1. The number of rotatable bonds is 7. The lowest BCUT2D eigenvalue weighted by atomic mass is 9.88. The van der Waals surface area contributed by atoms with Crippen LogP contribution in [0.1, 0.15) is 12.5 Å². The third-order valence-corrected chi connectivity index (χ3v) is 4.08. The molecule has 1 aliphatic rings. The van der Waals surface area contributed by atoms with Crippen LogP contribution in [0.25, 0.3) is 0 Å². The van der Waals surface area contributed by atoms with Crippen LogP contribution in [0.5, 0.6) is 0 Å². The maximum atomic E-state index is 12.5. The van der Waals surface area contributed by atoms with Gasteiger partial charge in [0.25, 0.3) is 0 Å². The lowest BCUT2D eigenvalue weighted by Crippen LogP contribution is -2.50. The van der Waals surface area contributed by atoms with E-state index in [9.17, 15) is 4.79 Å². The monoisotopic (exact) mass is 272 g/mol. The summed E-state index contributed by atoms with van der Waals surface area (Å²) in [5.74, 6) is 0.853. The van der Waals surface area contributed by atoms with Gasteiger partial charge in [-0.15, -0.1) is 6.58 Å². The van der Waals surface area contributed by atoms with Gasteiger partial charge in [0, 0.05) is 19.0 Å². The van der Waals surface area contributed by atoms with Crippen LogP contribution >= 0.6 is 0 Å². The Balaban J connectivity index is 1.91. The van der Waals surface area contributed by atoms with Crippen molar-refractivity contribution in [1.29, 1.82) is 0 Å². The largest absolute Gasteiger partial charge is 0.338 e. The molecule has 1 amide bonds. The van der Waals surface area contributed by atoms with Gasteiger partial charge in [0.1, 0.15) is 0 Å². The first-order valence-corrected chi connectivity index (χ1v) is 7.36. The third kappa shape index (κ3) is 3.70. The van der Waals surface area contributed by atoms with Gasteiger partial charge in [0.15, 0.2) is 0 Å². The molecule has 108 valence electrons. The van der Waals surface area contributed by atoms with Crippen LogP contribution in [0.2, 0.25) is 0 Å². The molecule has 0 aliphatic carbocycles. The Morgan fingerprint density at radius 1 is 1.45 bits per heavy atom. The molecular formula is C17H24N2O. The molecule has 0 saturated carbocycles. The minimum Gasteiger partial charge on any atom is -0.338 e. The Bertz CT molecular complexity index is 440. The third-order valence-electron chi connectivity index (χ3n) is 4.08. The molecule has 0 spiro atoms. The lowest BCUT2D eigenvalue weighted by Gasteiger charge is -2.34. The summed E-state index contributed by atoms with van der Waals surface area (Å²) in [6, 6.07) is 10.3. The molecule has 0 radical (unpaired) electrons. The Kier molecular flexibility index (Phi) is 5.36. The highest BCUT2D eigenvalue weighted by Crippen LogP contribution is 2.18. The average molecular weight is 272 g/mol. The van der Waals surface area contributed by atoms with E-state index in [1.165, 1.54) is 5.56 Å². The Morgan fingerprint density at radius 2 is 2.15 bits per heavy atom. The fourth-order valence-corrected chi connectivity index (χ4v) is 2.51. The Labute approximate surface area is 121 Å². The van der Waals surface area contributed by atoms with Crippen LogP contribution in [0.15, 0.2) is 43.0 Å². The van der Waals surface area contributed by atoms with Gasteiger partial charge >= 0.3 is 0 Å². The summed E-state index contributed by atoms with van der Waals surface area (Å²) >= 11 is 0. The van der Waals surface area contributed by atoms with Gasteiger partial charge in [-0.1, -0.05) is 43.3 Å². The van der Waals surface area contributed by atoms with Crippen molar-refractivity contribution in [2.75, 3.05) is 26.2 Å². The van der Waals surface area contributed by atoms with Crippen LogP contribution in [0.3, 0.4) is 0 Å². The van der Waals surface area contributed by atoms with Gasteiger partial charge < -0.3 is 10.2 Å². The number of nitrogens with one attached hydrogen (secondary N) is 1. The van der Waals surface area contributed by atoms with Crippen LogP contribution in [-0.4, -0.2) is 37.0 Å². The van der Waals surface area contributed by atoms with Crippen molar-refractivity contribution in [3.05, 3.63) is 48.6 Å². The quantitative estimate of drug-likeness (QED) is 0.771. The number of hydrogen-bond donors (Lipinski definition) is 1. The van der Waals surface area contributed by atoms with E-state index in [1.54, 1.807) is 0 Å². The summed E-state index contributed by atoms with van der Waals surface area (Å²) < 4.78 is 0. The molecule has 1 heterocycles. The van der Waals surface area contributed by atoms with Gasteiger partial charge in [-0.3, -0.25) is 4.79 Å². The van der Waals surface area contributed by atoms with Crippen molar-refractivity contribution < 1.29 is 4.79 Å². The molecule has 1 aromatic carbocycles. The zero-order valence-electron chi connectivity index (χ0n) is 12.2. The topological polar surface area (TPSA) is 32.3 Å². The van der Waals surface area contributed by atoms with Crippen LogP contribution in [0, 0.1) is 11.8 Å². The van der Waals surface area contributed by atoms with Gasteiger partial charge in [-0.25, -0.2) is 0 Å². The van der Waals surface area contributed by atoms with Crippen LogP contribution in [-0.2, 0) is 11.2 Å². The van der Waals surface area contributed by atoms with E-state index in [4.69, 9.17) is 0 Å². The highest BCUT2D eigenvalue weighted by atomic mass is 16.2. The molecule has 1 aromatic rings. The number of benzene rings is 1. The zero-order chi connectivity index (χ0) is 14.4. The first-order chi connectivity index (χ1) is 9.72. The zero-order valence-corrected chi connectivity index (χ0v) is 12.2. The van der Waals surface area contributed by atoms with Gasteiger partial charge in [-0.2, -0.15) is 0 Å². The molecule has 1 saturated heterocycles. The molecule has 3 heteroatoms. The second-order valence-corrected chi connectivity index (χ2v) is 5.52. The van der Waals surface area contributed by atoms with E-state index >= 15 is 0 Å². The van der Waals surface area contributed by atoms with Gasteiger partial charge in [-0.05, 0) is 31.0 Å². The molecule has 1 atom stereocenters. The standard InChI is InChI=1S/C17H24N2O/c1-3-10-19(11-9-15-7-5-4-6-8-15)17(20)14(2)16-12-18-13-16/h3-8,14,16,18H,1,9-13H2,2H3. The number of amides is 1. The van der Waals surface area contributed by atoms with E-state index in [0.29, 0.717) is 12.5 Å². The van der Waals surface area contributed by atoms with Crippen molar-refractivity contribution >= 4 is 5.91 Å². The van der Waals surface area contributed by atoms with E-state index in [2.05, 4.69) is 24.0 Å². The molecule has 2 rings (SSSR count). The normalized spacial score (nSPS) is 16.2. The smallest absolute Gasteiger partial charge is 0.226 e. The van der Waals surface area contributed by atoms with E-state index < -0.39 is 0 Å². The first kappa shape index (κ1) is 14.8. The van der Waals surface area contributed by atoms with E-state index in [0.717, 1.165) is 26.1 Å². The molecule has 20 heavy (non-hydrogen) atoms. The molecule has 1 unspecified atom stereocenters. The minimum absolute atomic E-state index is 0.104. The molecule has 3 nitrogen and oxygen atoms in total. The summed E-state index contributed by atoms with van der Waals surface area (Å²) in [6.07, 6.45) is 2.71. The summed E-state index contributed by atoms with van der Waals surface area (Å²) in [5, 5.41) is 3.23. The Hall–Kier alpha value is -1.61. The highest BCUT2D eigenvalue weighted by molar-refractivity contribution is 5.79. The lowest BCUT2D eigenvalue weighted by molar-refractivity contribution is -0.136. The predicted octanol–water partition coefficient (Wildman–Crippen LogP) is 2.10. The van der Waals surface area contributed by atoms with Crippen LogP contribution < -0.4 is 5.32 Å². The number of hydrogen-bond acceptors (Lipinski definition) is 2. The maximum Gasteiger partial charge on any atom is 0.226 e. The molecular weight excluding hydrogens is 248 g/mol. The summed E-state index contributed by atoms with van der Waals surface area (Å²) in [6.45, 7) is 9.15. The molecule has 1 fully saturated rings. The summed E-state index contributed by atoms with van der Waals surface area (Å²) in [7, 11) is 0. The number of carbonyl (C=O) groups is 1. The van der Waals surface area contributed by atoms with E-state index in [-0.39, 0.29) is 11.8 Å². The van der Waals surface area contributed by atoms with Crippen molar-refractivity contribution in [3.8, 4) is 0 Å². The van der Waals surface area contributed by atoms with E-state index in [1.807, 2.05) is 36.1 Å². The Morgan fingerprint density at radius 3 is 2.70 bits per heavy atom. The highest BCUT2D eigenvalue weighted by Gasteiger charge is 2.31. The van der Waals surface area contributed by atoms with Crippen molar-refractivity contribution in [3.63, 3.8) is 0 Å². The SMILES string of the molecule is C=CCN(CCc1ccccc1)C(=O)C(C)C1CNC1. The summed E-state index contributed by atoms with van der Waals surface area (Å²) in [4.78, 5) is 14.5. The molecule has 0 aromatic heterocycles. The molecule has 0 bridgehead atoms.